The summed E-state index contributed by atoms with van der Waals surface area (Å²) < 4.78 is 0. The SMILES string of the molecule is CN(C)CCCNC(=O)C1(C(=O)N2CCN(c3ncccn3)CC2)CC1. The number of piperazine rings is 1. The Hall–Kier alpha value is -2.22. The maximum Gasteiger partial charge on any atom is 0.238 e. The van der Waals surface area contributed by atoms with E-state index in [-0.39, 0.29) is 11.8 Å². The zero-order valence-electron chi connectivity index (χ0n) is 15.6. The van der Waals surface area contributed by atoms with Crippen molar-refractivity contribution in [3.8, 4) is 0 Å². The fourth-order valence-electron chi connectivity index (χ4n) is 3.30. The number of anilines is 1. The van der Waals surface area contributed by atoms with Crippen LogP contribution in [0, 0.1) is 5.41 Å². The van der Waals surface area contributed by atoms with Gasteiger partial charge in [-0.3, -0.25) is 9.59 Å². The van der Waals surface area contributed by atoms with Crippen molar-refractivity contribution in [3.05, 3.63) is 18.5 Å². The van der Waals surface area contributed by atoms with Crippen molar-refractivity contribution >= 4 is 17.8 Å². The molecule has 0 spiro atoms. The van der Waals surface area contributed by atoms with E-state index in [0.29, 0.717) is 51.5 Å². The lowest BCUT2D eigenvalue weighted by molar-refractivity contribution is -0.144. The number of amides is 2. The second-order valence-corrected chi connectivity index (χ2v) is 7.32. The van der Waals surface area contributed by atoms with Crippen LogP contribution in [0.15, 0.2) is 18.5 Å². The Kier molecular flexibility index (Phi) is 5.70. The van der Waals surface area contributed by atoms with Crippen LogP contribution in [-0.2, 0) is 9.59 Å². The van der Waals surface area contributed by atoms with E-state index in [1.807, 2.05) is 19.0 Å². The molecule has 2 fully saturated rings. The number of carbonyl (C=O) groups excluding carboxylic acids is 2. The highest BCUT2D eigenvalue weighted by molar-refractivity contribution is 6.07. The third kappa shape index (κ3) is 4.12. The van der Waals surface area contributed by atoms with E-state index in [1.165, 1.54) is 0 Å². The highest BCUT2D eigenvalue weighted by Gasteiger charge is 2.58. The van der Waals surface area contributed by atoms with Gasteiger partial charge >= 0.3 is 0 Å². The molecule has 142 valence electrons. The summed E-state index contributed by atoms with van der Waals surface area (Å²) in [5, 5.41) is 2.95. The third-order valence-corrected chi connectivity index (χ3v) is 5.06. The highest BCUT2D eigenvalue weighted by atomic mass is 16.2. The van der Waals surface area contributed by atoms with Crippen LogP contribution < -0.4 is 10.2 Å². The molecule has 0 aromatic carbocycles. The molecule has 1 aromatic heterocycles. The van der Waals surface area contributed by atoms with Crippen molar-refractivity contribution in [2.24, 2.45) is 5.41 Å². The molecule has 0 atom stereocenters. The quantitative estimate of drug-likeness (QED) is 0.543. The smallest absolute Gasteiger partial charge is 0.238 e. The molecule has 3 rings (SSSR count). The molecule has 0 unspecified atom stereocenters. The van der Waals surface area contributed by atoms with Gasteiger partial charge < -0.3 is 20.0 Å². The maximum absolute atomic E-state index is 12.9. The van der Waals surface area contributed by atoms with E-state index >= 15 is 0 Å². The topological polar surface area (TPSA) is 81.7 Å². The summed E-state index contributed by atoms with van der Waals surface area (Å²) in [6.07, 6.45) is 5.65. The fraction of sp³-hybridized carbons (Fsp3) is 0.667. The summed E-state index contributed by atoms with van der Waals surface area (Å²) >= 11 is 0. The number of hydrogen-bond donors (Lipinski definition) is 1. The van der Waals surface area contributed by atoms with Crippen LogP contribution in [0.5, 0.6) is 0 Å². The molecule has 8 nitrogen and oxygen atoms in total. The van der Waals surface area contributed by atoms with E-state index in [9.17, 15) is 9.59 Å². The lowest BCUT2D eigenvalue weighted by Gasteiger charge is -2.36. The Morgan fingerprint density at radius 3 is 2.38 bits per heavy atom. The highest BCUT2D eigenvalue weighted by Crippen LogP contribution is 2.47. The zero-order valence-corrected chi connectivity index (χ0v) is 15.6. The van der Waals surface area contributed by atoms with E-state index in [2.05, 4.69) is 25.1 Å². The molecule has 0 radical (unpaired) electrons. The number of hydrogen-bond acceptors (Lipinski definition) is 6. The minimum absolute atomic E-state index is 0.0174. The summed E-state index contributed by atoms with van der Waals surface area (Å²) in [5.41, 5.74) is -0.816. The van der Waals surface area contributed by atoms with Crippen molar-refractivity contribution in [2.75, 3.05) is 58.3 Å². The molecule has 2 amide bonds. The van der Waals surface area contributed by atoms with Crippen molar-refractivity contribution < 1.29 is 9.59 Å². The monoisotopic (exact) mass is 360 g/mol. The van der Waals surface area contributed by atoms with Crippen LogP contribution in [0.1, 0.15) is 19.3 Å². The second-order valence-electron chi connectivity index (χ2n) is 7.32. The minimum atomic E-state index is -0.816. The van der Waals surface area contributed by atoms with Crippen molar-refractivity contribution in [2.45, 2.75) is 19.3 Å². The molecule has 26 heavy (non-hydrogen) atoms. The van der Waals surface area contributed by atoms with Gasteiger partial charge in [0, 0.05) is 45.1 Å². The van der Waals surface area contributed by atoms with Crippen molar-refractivity contribution in [3.63, 3.8) is 0 Å². The molecule has 1 aliphatic carbocycles. The molecule has 8 heteroatoms. The molecular weight excluding hydrogens is 332 g/mol. The molecule has 1 N–H and O–H groups in total. The molecule has 1 aliphatic heterocycles. The molecule has 2 heterocycles. The predicted octanol–water partition coefficient (Wildman–Crippen LogP) is -0.0267. The third-order valence-electron chi connectivity index (χ3n) is 5.06. The zero-order chi connectivity index (χ0) is 18.6. The Morgan fingerprint density at radius 1 is 1.15 bits per heavy atom. The van der Waals surface area contributed by atoms with Gasteiger partial charge in [0.15, 0.2) is 0 Å². The molecule has 0 bridgehead atoms. The molecular formula is C18H28N6O2. The Morgan fingerprint density at radius 2 is 1.81 bits per heavy atom. The van der Waals surface area contributed by atoms with E-state index < -0.39 is 5.41 Å². The minimum Gasteiger partial charge on any atom is -0.355 e. The van der Waals surface area contributed by atoms with Crippen LogP contribution >= 0.6 is 0 Å². The molecule has 1 aromatic rings. The fourth-order valence-corrected chi connectivity index (χ4v) is 3.30. The largest absolute Gasteiger partial charge is 0.355 e. The summed E-state index contributed by atoms with van der Waals surface area (Å²) in [5.74, 6) is 0.575. The van der Waals surface area contributed by atoms with Gasteiger partial charge in [0.2, 0.25) is 17.8 Å². The normalized spacial score (nSPS) is 18.7. The van der Waals surface area contributed by atoms with Crippen LogP contribution in [-0.4, -0.2) is 84.9 Å². The van der Waals surface area contributed by atoms with Gasteiger partial charge in [-0.1, -0.05) is 0 Å². The second kappa shape index (κ2) is 7.99. The lowest BCUT2D eigenvalue weighted by atomic mass is 10.0. The van der Waals surface area contributed by atoms with Crippen LogP contribution in [0.3, 0.4) is 0 Å². The van der Waals surface area contributed by atoms with Gasteiger partial charge in [0.1, 0.15) is 5.41 Å². The Labute approximate surface area is 154 Å². The number of nitrogens with zero attached hydrogens (tertiary/aromatic N) is 5. The predicted molar refractivity (Wildman–Crippen MR) is 98.7 cm³/mol. The summed E-state index contributed by atoms with van der Waals surface area (Å²) in [6.45, 7) is 4.13. The summed E-state index contributed by atoms with van der Waals surface area (Å²) in [6, 6.07) is 1.79. The first kappa shape index (κ1) is 18.6. The van der Waals surface area contributed by atoms with E-state index in [4.69, 9.17) is 0 Å². The van der Waals surface area contributed by atoms with Crippen molar-refractivity contribution in [1.82, 2.24) is 25.1 Å². The van der Waals surface area contributed by atoms with Crippen LogP contribution in [0.2, 0.25) is 0 Å². The maximum atomic E-state index is 12.9. The first-order valence-corrected chi connectivity index (χ1v) is 9.27. The number of rotatable bonds is 7. The summed E-state index contributed by atoms with van der Waals surface area (Å²) in [4.78, 5) is 40.0. The Balaban J connectivity index is 1.49. The number of carbonyl (C=O) groups is 2. The number of aromatic nitrogens is 2. The Bertz CT molecular complexity index is 624. The first-order chi connectivity index (χ1) is 12.5. The summed E-state index contributed by atoms with van der Waals surface area (Å²) in [7, 11) is 4.02. The first-order valence-electron chi connectivity index (χ1n) is 9.27. The van der Waals surface area contributed by atoms with Gasteiger partial charge in [-0.15, -0.1) is 0 Å². The molecule has 1 saturated heterocycles. The van der Waals surface area contributed by atoms with Gasteiger partial charge in [0.25, 0.3) is 0 Å². The number of nitrogens with one attached hydrogen (secondary N) is 1. The van der Waals surface area contributed by atoms with E-state index in [1.54, 1.807) is 18.5 Å². The van der Waals surface area contributed by atoms with Gasteiger partial charge in [-0.05, 0) is 46.0 Å². The van der Waals surface area contributed by atoms with Gasteiger partial charge in [-0.2, -0.15) is 0 Å². The van der Waals surface area contributed by atoms with Crippen LogP contribution in [0.25, 0.3) is 0 Å². The standard InChI is InChI=1S/C18H28N6O2/c1-22(2)10-4-9-19-15(25)18(5-6-18)16(26)23-11-13-24(14-12-23)17-20-7-3-8-21-17/h3,7-8H,4-6,9-14H2,1-2H3,(H,19,25). The van der Waals surface area contributed by atoms with E-state index in [0.717, 1.165) is 13.0 Å². The van der Waals surface area contributed by atoms with Crippen molar-refractivity contribution in [1.29, 1.82) is 0 Å². The van der Waals surface area contributed by atoms with Crippen LogP contribution in [0.4, 0.5) is 5.95 Å². The molecule has 2 aliphatic rings. The van der Waals surface area contributed by atoms with Gasteiger partial charge in [0.05, 0.1) is 0 Å². The lowest BCUT2D eigenvalue weighted by Crippen LogP contribution is -2.53. The van der Waals surface area contributed by atoms with Gasteiger partial charge in [-0.25, -0.2) is 9.97 Å². The average Bonchev–Trinajstić information content (AvgIpc) is 3.47. The average molecular weight is 360 g/mol. The molecule has 1 saturated carbocycles.